The summed E-state index contributed by atoms with van der Waals surface area (Å²) >= 11 is 0. The Morgan fingerprint density at radius 3 is 2.42 bits per heavy atom. The summed E-state index contributed by atoms with van der Waals surface area (Å²) in [6.45, 7) is -0.559. The molecule has 2 atom stereocenters. The highest BCUT2D eigenvalue weighted by molar-refractivity contribution is 5.98. The smallest absolute Gasteiger partial charge is 0.206 e. The van der Waals surface area contributed by atoms with Gasteiger partial charge >= 0.3 is 0 Å². The van der Waals surface area contributed by atoms with E-state index in [9.17, 15) is 4.79 Å². The maximum Gasteiger partial charge on any atom is 0.206 e. The molecule has 0 aromatic rings. The van der Waals surface area contributed by atoms with Crippen molar-refractivity contribution in [3.8, 4) is 0 Å². The zero-order valence-corrected chi connectivity index (χ0v) is 6.27. The van der Waals surface area contributed by atoms with Crippen molar-refractivity contribution in [3.05, 3.63) is 11.5 Å². The van der Waals surface area contributed by atoms with Crippen LogP contribution in [0, 0.1) is 5.92 Å². The number of hydrogen-bond acceptors (Lipinski definition) is 5. The van der Waals surface area contributed by atoms with Crippen LogP contribution >= 0.6 is 0 Å². The lowest BCUT2D eigenvalue weighted by atomic mass is 9.99. The minimum atomic E-state index is -1.22. The van der Waals surface area contributed by atoms with Crippen molar-refractivity contribution in [2.45, 2.75) is 12.5 Å². The molecule has 0 unspecified atom stereocenters. The van der Waals surface area contributed by atoms with E-state index in [1.54, 1.807) is 0 Å². The first kappa shape index (κ1) is 9.02. The summed E-state index contributed by atoms with van der Waals surface area (Å²) in [5.74, 6) is -2.74. The van der Waals surface area contributed by atoms with E-state index in [-0.39, 0.29) is 6.42 Å². The van der Waals surface area contributed by atoms with Gasteiger partial charge in [0.2, 0.25) is 5.78 Å². The van der Waals surface area contributed by atoms with E-state index in [2.05, 4.69) is 0 Å². The fraction of sp³-hybridized carbons (Fsp3) is 0.571. The van der Waals surface area contributed by atoms with Crippen molar-refractivity contribution in [2.75, 3.05) is 6.61 Å². The van der Waals surface area contributed by atoms with Crippen molar-refractivity contribution < 1.29 is 25.2 Å². The molecule has 0 aliphatic heterocycles. The normalized spacial score (nSPS) is 26.5. The Labute approximate surface area is 68.6 Å². The number of aliphatic hydroxyl groups excluding tert-OH is 4. The molecular formula is C7H10O5. The van der Waals surface area contributed by atoms with Crippen LogP contribution in [0.1, 0.15) is 6.42 Å². The van der Waals surface area contributed by atoms with Gasteiger partial charge in [0.05, 0.1) is 18.6 Å². The molecule has 0 radical (unpaired) electrons. The van der Waals surface area contributed by atoms with Gasteiger partial charge in [0.1, 0.15) is 5.76 Å². The number of ketones is 1. The number of hydrogen-bond donors (Lipinski definition) is 4. The fourth-order valence-electron chi connectivity index (χ4n) is 1.15. The summed E-state index contributed by atoms with van der Waals surface area (Å²) in [7, 11) is 0. The summed E-state index contributed by atoms with van der Waals surface area (Å²) in [5.41, 5.74) is 0. The number of carbonyl (C=O) groups excluding carboxylic acids is 1. The van der Waals surface area contributed by atoms with E-state index in [0.29, 0.717) is 0 Å². The van der Waals surface area contributed by atoms with Gasteiger partial charge in [0.15, 0.2) is 5.76 Å². The van der Waals surface area contributed by atoms with Crippen molar-refractivity contribution in [2.24, 2.45) is 5.92 Å². The van der Waals surface area contributed by atoms with Crippen LogP contribution in [0.4, 0.5) is 0 Å². The third-order valence-electron chi connectivity index (χ3n) is 1.91. The number of rotatable bonds is 2. The first-order valence-electron chi connectivity index (χ1n) is 3.52. The number of allylic oxidation sites excluding steroid dienone is 2. The van der Waals surface area contributed by atoms with Gasteiger partial charge in [-0.1, -0.05) is 0 Å². The van der Waals surface area contributed by atoms with E-state index in [4.69, 9.17) is 20.4 Å². The van der Waals surface area contributed by atoms with Crippen LogP contribution in [-0.2, 0) is 4.79 Å². The third-order valence-corrected chi connectivity index (χ3v) is 1.91. The van der Waals surface area contributed by atoms with Gasteiger partial charge in [0, 0.05) is 6.42 Å². The molecule has 0 saturated carbocycles. The first-order chi connectivity index (χ1) is 5.57. The van der Waals surface area contributed by atoms with Gasteiger partial charge in [-0.3, -0.25) is 4.79 Å². The van der Waals surface area contributed by atoms with Crippen molar-refractivity contribution in [3.63, 3.8) is 0 Å². The Morgan fingerprint density at radius 1 is 1.50 bits per heavy atom. The average Bonchev–Trinajstić information content (AvgIpc) is 2.32. The maximum atomic E-state index is 11.0. The van der Waals surface area contributed by atoms with Gasteiger partial charge in [-0.2, -0.15) is 0 Å². The second-order valence-corrected chi connectivity index (χ2v) is 2.72. The maximum absolute atomic E-state index is 11.0. The molecule has 5 heteroatoms. The van der Waals surface area contributed by atoms with Crippen molar-refractivity contribution >= 4 is 5.78 Å². The van der Waals surface area contributed by atoms with Crippen LogP contribution in [0.15, 0.2) is 11.5 Å². The fourth-order valence-corrected chi connectivity index (χ4v) is 1.15. The molecule has 1 rings (SSSR count). The molecule has 1 aliphatic carbocycles. The Morgan fingerprint density at radius 2 is 2.08 bits per heavy atom. The topological polar surface area (TPSA) is 98.0 Å². The van der Waals surface area contributed by atoms with Gasteiger partial charge < -0.3 is 20.4 Å². The van der Waals surface area contributed by atoms with E-state index >= 15 is 0 Å². The highest BCUT2D eigenvalue weighted by Gasteiger charge is 2.37. The Kier molecular flexibility index (Phi) is 2.35. The molecule has 0 amide bonds. The SMILES string of the molecule is O=C1C(O)=C(O)C[C@@H]1[C@@H](O)CO. The minimum absolute atomic E-state index is 0.105. The van der Waals surface area contributed by atoms with Crippen molar-refractivity contribution in [1.29, 1.82) is 0 Å². The molecule has 0 heterocycles. The molecule has 68 valence electrons. The second-order valence-electron chi connectivity index (χ2n) is 2.72. The summed E-state index contributed by atoms with van der Waals surface area (Å²) in [6.07, 6.45) is -1.32. The summed E-state index contributed by atoms with van der Waals surface area (Å²) in [6, 6.07) is 0. The molecular weight excluding hydrogens is 164 g/mol. The van der Waals surface area contributed by atoms with Crippen LogP contribution in [0.25, 0.3) is 0 Å². The zero-order chi connectivity index (χ0) is 9.30. The molecule has 1 aliphatic rings. The highest BCUT2D eigenvalue weighted by atomic mass is 16.3. The molecule has 5 nitrogen and oxygen atoms in total. The molecule has 0 fully saturated rings. The van der Waals surface area contributed by atoms with E-state index in [1.165, 1.54) is 0 Å². The van der Waals surface area contributed by atoms with Crippen LogP contribution in [0.5, 0.6) is 0 Å². The second kappa shape index (κ2) is 3.12. The van der Waals surface area contributed by atoms with Crippen LogP contribution < -0.4 is 0 Å². The minimum Gasteiger partial charge on any atom is -0.508 e. The Balaban J connectivity index is 2.73. The molecule has 4 N–H and O–H groups in total. The van der Waals surface area contributed by atoms with Gasteiger partial charge in [-0.05, 0) is 0 Å². The largest absolute Gasteiger partial charge is 0.508 e. The van der Waals surface area contributed by atoms with E-state index < -0.39 is 35.9 Å². The first-order valence-corrected chi connectivity index (χ1v) is 3.52. The third kappa shape index (κ3) is 1.28. The average molecular weight is 174 g/mol. The summed E-state index contributed by atoms with van der Waals surface area (Å²) in [4.78, 5) is 11.0. The number of aliphatic hydroxyl groups is 4. The van der Waals surface area contributed by atoms with Crippen molar-refractivity contribution in [1.82, 2.24) is 0 Å². The molecule has 0 saturated heterocycles. The highest BCUT2D eigenvalue weighted by Crippen LogP contribution is 2.27. The molecule has 0 spiro atoms. The monoisotopic (exact) mass is 174 g/mol. The lowest BCUT2D eigenvalue weighted by Crippen LogP contribution is -2.28. The summed E-state index contributed by atoms with van der Waals surface area (Å²) < 4.78 is 0. The molecule has 0 aromatic carbocycles. The van der Waals surface area contributed by atoms with Crippen LogP contribution in [0.3, 0.4) is 0 Å². The molecule has 12 heavy (non-hydrogen) atoms. The number of Topliss-reactive ketones (excluding diaryl/α,β-unsaturated/α-hetero) is 1. The lowest BCUT2D eigenvalue weighted by molar-refractivity contribution is -0.124. The standard InChI is InChI=1S/C7H10O5/c8-2-5(10)3-1-4(9)7(12)6(3)11/h3,5,8-10,12H,1-2H2/t3-,5+/m1/s1. The van der Waals surface area contributed by atoms with Crippen LogP contribution in [-0.4, -0.2) is 38.9 Å². The predicted molar refractivity (Wildman–Crippen MR) is 38.5 cm³/mol. The number of carbonyl (C=O) groups is 1. The van der Waals surface area contributed by atoms with E-state index in [0.717, 1.165) is 0 Å². The quantitative estimate of drug-likeness (QED) is 0.442. The molecule has 0 bridgehead atoms. The Bertz CT molecular complexity index is 232. The van der Waals surface area contributed by atoms with Crippen LogP contribution in [0.2, 0.25) is 0 Å². The Hall–Kier alpha value is -1.07. The molecule has 0 aromatic heterocycles. The lowest BCUT2D eigenvalue weighted by Gasteiger charge is -2.12. The van der Waals surface area contributed by atoms with Gasteiger partial charge in [-0.15, -0.1) is 0 Å². The van der Waals surface area contributed by atoms with E-state index in [1.807, 2.05) is 0 Å². The zero-order valence-electron chi connectivity index (χ0n) is 6.27. The van der Waals surface area contributed by atoms with Gasteiger partial charge in [0.25, 0.3) is 0 Å². The predicted octanol–water partition coefficient (Wildman–Crippen LogP) is -0.744. The van der Waals surface area contributed by atoms with Gasteiger partial charge in [-0.25, -0.2) is 0 Å². The summed E-state index contributed by atoms with van der Waals surface area (Å²) in [5, 5.41) is 35.3.